The van der Waals surface area contributed by atoms with Gasteiger partial charge in [0, 0.05) is 27.1 Å². The van der Waals surface area contributed by atoms with Gasteiger partial charge in [-0.05, 0) is 12.1 Å². The third-order valence-corrected chi connectivity index (χ3v) is 4.45. The van der Waals surface area contributed by atoms with Gasteiger partial charge in [-0.3, -0.25) is 14.8 Å². The van der Waals surface area contributed by atoms with Crippen LogP contribution in [0.25, 0.3) is 11.0 Å². The van der Waals surface area contributed by atoms with Crippen molar-refractivity contribution in [2.75, 3.05) is 32.1 Å². The molecule has 1 aliphatic rings. The largest absolute Gasteiger partial charge is 0.471 e. The number of carbonyl (C=O) groups excluding carboxylic acids is 1. The molecule has 0 bridgehead atoms. The number of carbonyl (C=O) groups is 1. The van der Waals surface area contributed by atoms with Crippen LogP contribution in [0.15, 0.2) is 42.9 Å². The second-order valence-electron chi connectivity index (χ2n) is 6.63. The number of hydrogen-bond acceptors (Lipinski definition) is 7. The van der Waals surface area contributed by atoms with E-state index in [1.165, 1.54) is 6.20 Å². The van der Waals surface area contributed by atoms with Crippen LogP contribution in [0.4, 0.5) is 5.82 Å². The van der Waals surface area contributed by atoms with Crippen LogP contribution in [0.2, 0.25) is 0 Å². The standard InChI is InChI=1S/C19H20N6O2/c1-24(2)17-10-20-11-18(23-17)27-13-7-8-25(12-13)19(26)16-9-21-14-5-3-4-6-15(14)22-16/h3-6,9-11,13H,7-8,12H2,1-2H3. The maximum Gasteiger partial charge on any atom is 0.274 e. The minimum Gasteiger partial charge on any atom is -0.471 e. The molecule has 1 amide bonds. The highest BCUT2D eigenvalue weighted by molar-refractivity contribution is 5.94. The van der Waals surface area contributed by atoms with E-state index in [0.29, 0.717) is 30.2 Å². The average molecular weight is 364 g/mol. The first-order chi connectivity index (χ1) is 13.1. The van der Waals surface area contributed by atoms with Crippen LogP contribution in [0.1, 0.15) is 16.9 Å². The molecule has 1 aliphatic heterocycles. The summed E-state index contributed by atoms with van der Waals surface area (Å²) in [4.78, 5) is 33.7. The maximum absolute atomic E-state index is 12.8. The molecule has 1 fully saturated rings. The molecular formula is C19H20N6O2. The van der Waals surface area contributed by atoms with Gasteiger partial charge < -0.3 is 14.5 Å². The molecule has 8 nitrogen and oxygen atoms in total. The molecule has 27 heavy (non-hydrogen) atoms. The Kier molecular flexibility index (Phi) is 4.53. The molecule has 0 aliphatic carbocycles. The van der Waals surface area contributed by atoms with E-state index >= 15 is 0 Å². The summed E-state index contributed by atoms with van der Waals surface area (Å²) in [6, 6.07) is 7.51. The highest BCUT2D eigenvalue weighted by Gasteiger charge is 2.29. The number of para-hydroxylation sites is 2. The monoisotopic (exact) mass is 364 g/mol. The minimum atomic E-state index is -0.132. The fourth-order valence-corrected chi connectivity index (χ4v) is 3.01. The fraction of sp³-hybridized carbons (Fsp3) is 0.316. The predicted octanol–water partition coefficient (Wildman–Crippen LogP) is 1.78. The van der Waals surface area contributed by atoms with E-state index in [0.717, 1.165) is 17.8 Å². The number of rotatable bonds is 4. The highest BCUT2D eigenvalue weighted by Crippen LogP contribution is 2.20. The molecule has 3 aromatic rings. The second-order valence-corrected chi connectivity index (χ2v) is 6.63. The SMILES string of the molecule is CN(C)c1cncc(OC2CCN(C(=O)c3cnc4ccccc4n3)C2)n1. The Hall–Kier alpha value is -3.29. The lowest BCUT2D eigenvalue weighted by atomic mass is 10.3. The first-order valence-electron chi connectivity index (χ1n) is 8.77. The van der Waals surface area contributed by atoms with Crippen molar-refractivity contribution in [2.24, 2.45) is 0 Å². The topological polar surface area (TPSA) is 84.3 Å². The quantitative estimate of drug-likeness (QED) is 0.698. The summed E-state index contributed by atoms with van der Waals surface area (Å²) >= 11 is 0. The summed E-state index contributed by atoms with van der Waals surface area (Å²) in [5, 5.41) is 0. The number of ether oxygens (including phenoxy) is 1. The number of fused-ring (bicyclic) bond motifs is 1. The fourth-order valence-electron chi connectivity index (χ4n) is 3.01. The van der Waals surface area contributed by atoms with Crippen molar-refractivity contribution in [3.8, 4) is 5.88 Å². The van der Waals surface area contributed by atoms with Crippen molar-refractivity contribution in [3.05, 3.63) is 48.5 Å². The molecule has 0 radical (unpaired) electrons. The Balaban J connectivity index is 1.44. The Labute approximate surface area is 156 Å². The average Bonchev–Trinajstić information content (AvgIpc) is 3.15. The number of aromatic nitrogens is 4. The third-order valence-electron chi connectivity index (χ3n) is 4.45. The van der Waals surface area contributed by atoms with Gasteiger partial charge in [-0.1, -0.05) is 12.1 Å². The van der Waals surface area contributed by atoms with Crippen LogP contribution in [0.3, 0.4) is 0 Å². The Morgan fingerprint density at radius 1 is 1.15 bits per heavy atom. The zero-order valence-electron chi connectivity index (χ0n) is 15.2. The van der Waals surface area contributed by atoms with E-state index < -0.39 is 0 Å². The predicted molar refractivity (Wildman–Crippen MR) is 101 cm³/mol. The van der Waals surface area contributed by atoms with E-state index in [9.17, 15) is 4.79 Å². The van der Waals surface area contributed by atoms with Crippen LogP contribution in [-0.2, 0) is 0 Å². The summed E-state index contributed by atoms with van der Waals surface area (Å²) in [6.07, 6.45) is 5.42. The summed E-state index contributed by atoms with van der Waals surface area (Å²) in [5.74, 6) is 1.06. The Morgan fingerprint density at radius 3 is 2.78 bits per heavy atom. The molecule has 1 atom stereocenters. The molecule has 1 unspecified atom stereocenters. The molecule has 2 aromatic heterocycles. The zero-order valence-corrected chi connectivity index (χ0v) is 15.2. The molecule has 3 heterocycles. The van der Waals surface area contributed by atoms with Crippen molar-refractivity contribution in [2.45, 2.75) is 12.5 Å². The number of likely N-dealkylation sites (tertiary alicyclic amines) is 1. The summed E-state index contributed by atoms with van der Waals surface area (Å²) < 4.78 is 5.92. The van der Waals surface area contributed by atoms with Crippen LogP contribution < -0.4 is 9.64 Å². The van der Waals surface area contributed by atoms with Crippen molar-refractivity contribution in [1.29, 1.82) is 0 Å². The molecule has 0 spiro atoms. The van der Waals surface area contributed by atoms with Crippen molar-refractivity contribution in [1.82, 2.24) is 24.8 Å². The smallest absolute Gasteiger partial charge is 0.274 e. The van der Waals surface area contributed by atoms with Crippen LogP contribution in [0, 0.1) is 0 Å². The highest BCUT2D eigenvalue weighted by atomic mass is 16.5. The number of benzene rings is 1. The van der Waals surface area contributed by atoms with Crippen molar-refractivity contribution >= 4 is 22.8 Å². The first-order valence-corrected chi connectivity index (χ1v) is 8.77. The minimum absolute atomic E-state index is 0.117. The van der Waals surface area contributed by atoms with Gasteiger partial charge in [-0.2, -0.15) is 4.98 Å². The lowest BCUT2D eigenvalue weighted by Gasteiger charge is -2.17. The molecule has 138 valence electrons. The van der Waals surface area contributed by atoms with E-state index in [1.54, 1.807) is 17.3 Å². The number of hydrogen-bond donors (Lipinski definition) is 0. The normalized spacial score (nSPS) is 16.5. The Bertz CT molecular complexity index is 977. The van der Waals surface area contributed by atoms with Crippen LogP contribution in [-0.4, -0.2) is 64.0 Å². The molecule has 1 aromatic carbocycles. The van der Waals surface area contributed by atoms with Gasteiger partial charge in [0.25, 0.3) is 5.91 Å². The third kappa shape index (κ3) is 3.64. The van der Waals surface area contributed by atoms with Crippen LogP contribution >= 0.6 is 0 Å². The molecule has 0 N–H and O–H groups in total. The maximum atomic E-state index is 12.8. The molecular weight excluding hydrogens is 344 g/mol. The first kappa shape index (κ1) is 17.1. The van der Waals surface area contributed by atoms with E-state index in [2.05, 4.69) is 19.9 Å². The zero-order chi connectivity index (χ0) is 18.8. The van der Waals surface area contributed by atoms with Crippen molar-refractivity contribution in [3.63, 3.8) is 0 Å². The Morgan fingerprint density at radius 2 is 1.96 bits per heavy atom. The van der Waals surface area contributed by atoms with E-state index in [1.807, 2.05) is 43.3 Å². The number of nitrogens with zero attached hydrogens (tertiary/aromatic N) is 6. The van der Waals surface area contributed by atoms with Gasteiger partial charge in [0.2, 0.25) is 5.88 Å². The molecule has 1 saturated heterocycles. The molecule has 4 rings (SSSR count). The van der Waals surface area contributed by atoms with Gasteiger partial charge in [0.1, 0.15) is 11.8 Å². The second kappa shape index (κ2) is 7.14. The van der Waals surface area contributed by atoms with Gasteiger partial charge in [0.05, 0.1) is 36.2 Å². The van der Waals surface area contributed by atoms with Gasteiger partial charge in [-0.25, -0.2) is 4.98 Å². The lowest BCUT2D eigenvalue weighted by Crippen LogP contribution is -2.31. The van der Waals surface area contributed by atoms with E-state index in [4.69, 9.17) is 4.74 Å². The van der Waals surface area contributed by atoms with Gasteiger partial charge >= 0.3 is 0 Å². The summed E-state index contributed by atoms with van der Waals surface area (Å²) in [5.41, 5.74) is 1.84. The molecule has 0 saturated carbocycles. The van der Waals surface area contributed by atoms with Gasteiger partial charge in [0.15, 0.2) is 5.82 Å². The van der Waals surface area contributed by atoms with E-state index in [-0.39, 0.29) is 12.0 Å². The number of anilines is 1. The summed E-state index contributed by atoms with van der Waals surface area (Å²) in [7, 11) is 3.79. The number of amides is 1. The van der Waals surface area contributed by atoms with Crippen LogP contribution in [0.5, 0.6) is 5.88 Å². The van der Waals surface area contributed by atoms with Gasteiger partial charge in [-0.15, -0.1) is 0 Å². The molecule has 8 heteroatoms. The summed E-state index contributed by atoms with van der Waals surface area (Å²) in [6.45, 7) is 1.10. The van der Waals surface area contributed by atoms with Crippen molar-refractivity contribution < 1.29 is 9.53 Å². The lowest BCUT2D eigenvalue weighted by molar-refractivity contribution is 0.0765.